The van der Waals surface area contributed by atoms with Crippen LogP contribution in [0.4, 0.5) is 0 Å². The summed E-state index contributed by atoms with van der Waals surface area (Å²) in [6.45, 7) is 1.05. The van der Waals surface area contributed by atoms with Gasteiger partial charge >= 0.3 is 0 Å². The van der Waals surface area contributed by atoms with E-state index in [0.29, 0.717) is 19.0 Å². The second-order valence-electron chi connectivity index (χ2n) is 3.86. The molecule has 1 aromatic carbocycles. The topological polar surface area (TPSA) is 64.6 Å². The van der Waals surface area contributed by atoms with Crippen LogP contribution in [0.25, 0.3) is 0 Å². The number of rotatable bonds is 4. The molecule has 0 bridgehead atoms. The van der Waals surface area contributed by atoms with Crippen molar-refractivity contribution in [2.45, 2.75) is 17.4 Å². The van der Waals surface area contributed by atoms with E-state index < -0.39 is 10.0 Å². The lowest BCUT2D eigenvalue weighted by molar-refractivity contribution is 0.192. The average Bonchev–Trinajstić information content (AvgIpc) is 2.81. The molecule has 0 radical (unpaired) electrons. The van der Waals surface area contributed by atoms with Crippen LogP contribution in [-0.2, 0) is 14.8 Å². The molecule has 0 amide bonds. The van der Waals surface area contributed by atoms with Gasteiger partial charge in [0.1, 0.15) is 5.75 Å². The van der Waals surface area contributed by atoms with Crippen molar-refractivity contribution in [1.82, 2.24) is 4.72 Å². The first-order valence-electron chi connectivity index (χ1n) is 5.36. The van der Waals surface area contributed by atoms with E-state index in [1.807, 2.05) is 0 Å². The summed E-state index contributed by atoms with van der Waals surface area (Å²) in [7, 11) is -1.91. The maximum absolute atomic E-state index is 12.0. The molecular weight excluding hydrogens is 242 g/mol. The van der Waals surface area contributed by atoms with Crippen molar-refractivity contribution >= 4 is 10.0 Å². The van der Waals surface area contributed by atoms with Crippen LogP contribution in [0, 0.1) is 0 Å². The molecule has 1 aromatic rings. The Hall–Kier alpha value is -1.11. The van der Waals surface area contributed by atoms with Crippen LogP contribution >= 0.6 is 0 Å². The van der Waals surface area contributed by atoms with Gasteiger partial charge in [0.25, 0.3) is 0 Å². The highest BCUT2D eigenvalue weighted by Crippen LogP contribution is 2.16. The lowest BCUT2D eigenvalue weighted by atomic mass is 10.3. The molecule has 0 saturated carbocycles. The predicted molar refractivity (Wildman–Crippen MR) is 62.5 cm³/mol. The van der Waals surface area contributed by atoms with Gasteiger partial charge < -0.3 is 9.47 Å². The molecule has 5 nitrogen and oxygen atoms in total. The summed E-state index contributed by atoms with van der Waals surface area (Å²) >= 11 is 0. The number of benzene rings is 1. The predicted octanol–water partition coefficient (Wildman–Crippen LogP) is 0.762. The fraction of sp³-hybridized carbons (Fsp3) is 0.455. The van der Waals surface area contributed by atoms with Crippen LogP contribution in [0.3, 0.4) is 0 Å². The van der Waals surface area contributed by atoms with Crippen molar-refractivity contribution in [2.75, 3.05) is 20.3 Å². The Balaban J connectivity index is 2.12. The van der Waals surface area contributed by atoms with E-state index in [1.165, 1.54) is 19.2 Å². The monoisotopic (exact) mass is 257 g/mol. The molecule has 1 fully saturated rings. The molecule has 1 aliphatic heterocycles. The lowest BCUT2D eigenvalue weighted by Gasteiger charge is -2.11. The smallest absolute Gasteiger partial charge is 0.240 e. The zero-order chi connectivity index (χ0) is 12.3. The molecule has 17 heavy (non-hydrogen) atoms. The lowest BCUT2D eigenvalue weighted by Crippen LogP contribution is -2.34. The van der Waals surface area contributed by atoms with E-state index >= 15 is 0 Å². The van der Waals surface area contributed by atoms with Crippen molar-refractivity contribution in [2.24, 2.45) is 0 Å². The molecule has 0 aliphatic carbocycles. The molecule has 1 N–H and O–H groups in total. The number of ether oxygens (including phenoxy) is 2. The molecule has 0 spiro atoms. The first kappa shape index (κ1) is 12.3. The molecule has 1 heterocycles. The highest BCUT2D eigenvalue weighted by atomic mass is 32.2. The van der Waals surface area contributed by atoms with Gasteiger partial charge in [-0.05, 0) is 30.7 Å². The summed E-state index contributed by atoms with van der Waals surface area (Å²) in [6.07, 6.45) is 0.718. The number of methoxy groups -OCH3 is 1. The van der Waals surface area contributed by atoms with Crippen LogP contribution < -0.4 is 9.46 Å². The van der Waals surface area contributed by atoms with E-state index in [4.69, 9.17) is 9.47 Å². The minimum absolute atomic E-state index is 0.123. The van der Waals surface area contributed by atoms with Crippen molar-refractivity contribution in [1.29, 1.82) is 0 Å². The third-order valence-corrected chi connectivity index (χ3v) is 4.16. The van der Waals surface area contributed by atoms with Gasteiger partial charge in [0.05, 0.1) is 18.6 Å². The zero-order valence-electron chi connectivity index (χ0n) is 9.55. The van der Waals surface area contributed by atoms with Gasteiger partial charge in [-0.25, -0.2) is 13.1 Å². The second kappa shape index (κ2) is 5.03. The van der Waals surface area contributed by atoms with Crippen molar-refractivity contribution in [3.05, 3.63) is 24.3 Å². The van der Waals surface area contributed by atoms with Gasteiger partial charge in [-0.1, -0.05) is 0 Å². The van der Waals surface area contributed by atoms with Gasteiger partial charge in [-0.2, -0.15) is 0 Å². The number of nitrogens with one attached hydrogen (secondary N) is 1. The normalized spacial score (nSPS) is 20.4. The Morgan fingerprint density at radius 1 is 1.35 bits per heavy atom. The highest BCUT2D eigenvalue weighted by molar-refractivity contribution is 7.89. The zero-order valence-corrected chi connectivity index (χ0v) is 10.4. The average molecular weight is 257 g/mol. The summed E-state index contributed by atoms with van der Waals surface area (Å²) in [6, 6.07) is 6.18. The number of hydrogen-bond acceptors (Lipinski definition) is 4. The third-order valence-electron chi connectivity index (χ3n) is 2.62. The van der Waals surface area contributed by atoms with E-state index in [2.05, 4.69) is 4.72 Å². The minimum Gasteiger partial charge on any atom is -0.497 e. The van der Waals surface area contributed by atoms with Crippen LogP contribution in [-0.4, -0.2) is 34.8 Å². The second-order valence-corrected chi connectivity index (χ2v) is 5.57. The van der Waals surface area contributed by atoms with E-state index in [1.54, 1.807) is 12.1 Å². The quantitative estimate of drug-likeness (QED) is 0.865. The van der Waals surface area contributed by atoms with Crippen LogP contribution in [0.15, 0.2) is 29.2 Å². The number of hydrogen-bond donors (Lipinski definition) is 1. The third kappa shape index (κ3) is 2.96. The Morgan fingerprint density at radius 2 is 2.06 bits per heavy atom. The molecule has 2 rings (SSSR count). The molecule has 6 heteroatoms. The minimum atomic E-state index is -3.45. The van der Waals surface area contributed by atoms with Gasteiger partial charge in [0.15, 0.2) is 0 Å². The molecule has 0 aromatic heterocycles. The highest BCUT2D eigenvalue weighted by Gasteiger charge is 2.23. The molecule has 94 valence electrons. The van der Waals surface area contributed by atoms with Crippen LogP contribution in [0.5, 0.6) is 5.75 Å². The number of sulfonamides is 1. The molecule has 1 atom stereocenters. The van der Waals surface area contributed by atoms with E-state index in [9.17, 15) is 8.42 Å². The Morgan fingerprint density at radius 3 is 2.59 bits per heavy atom. The fourth-order valence-electron chi connectivity index (χ4n) is 1.67. The van der Waals surface area contributed by atoms with Crippen LogP contribution in [0.1, 0.15) is 6.42 Å². The first-order chi connectivity index (χ1) is 8.12. The van der Waals surface area contributed by atoms with E-state index in [-0.39, 0.29) is 10.9 Å². The summed E-state index contributed by atoms with van der Waals surface area (Å²) in [5, 5.41) is 0. The van der Waals surface area contributed by atoms with Gasteiger partial charge in [0, 0.05) is 12.6 Å². The molecule has 1 unspecified atom stereocenters. The maximum atomic E-state index is 12.0. The van der Waals surface area contributed by atoms with E-state index in [0.717, 1.165) is 6.42 Å². The van der Waals surface area contributed by atoms with Crippen LogP contribution in [0.2, 0.25) is 0 Å². The molecule has 1 saturated heterocycles. The summed E-state index contributed by atoms with van der Waals surface area (Å²) in [5.41, 5.74) is 0. The van der Waals surface area contributed by atoms with Crippen molar-refractivity contribution < 1.29 is 17.9 Å². The largest absolute Gasteiger partial charge is 0.497 e. The van der Waals surface area contributed by atoms with Gasteiger partial charge in [-0.15, -0.1) is 0 Å². The van der Waals surface area contributed by atoms with Crippen molar-refractivity contribution in [3.8, 4) is 5.75 Å². The SMILES string of the molecule is COc1ccc(S(=O)(=O)NC2CCOC2)cc1. The Kier molecular flexibility index (Phi) is 3.66. The van der Waals surface area contributed by atoms with Gasteiger partial charge in [0.2, 0.25) is 10.0 Å². The summed E-state index contributed by atoms with van der Waals surface area (Å²) < 4.78 is 36.7. The Bertz CT molecular complexity index is 463. The summed E-state index contributed by atoms with van der Waals surface area (Å²) in [4.78, 5) is 0.241. The Labute approximate surface area is 101 Å². The standard InChI is InChI=1S/C11H15NO4S/c1-15-10-2-4-11(5-3-10)17(13,14)12-9-6-7-16-8-9/h2-5,9,12H,6-8H2,1H3. The molecule has 1 aliphatic rings. The van der Waals surface area contributed by atoms with Crippen molar-refractivity contribution in [3.63, 3.8) is 0 Å². The fourth-order valence-corrected chi connectivity index (χ4v) is 2.92. The molecular formula is C11H15NO4S. The first-order valence-corrected chi connectivity index (χ1v) is 6.84. The summed E-state index contributed by atoms with van der Waals surface area (Å²) in [5.74, 6) is 0.633. The maximum Gasteiger partial charge on any atom is 0.240 e. The van der Waals surface area contributed by atoms with Gasteiger partial charge in [-0.3, -0.25) is 0 Å².